The average molecular weight is 527 g/mol. The zero-order chi connectivity index (χ0) is 27.1. The van der Waals surface area contributed by atoms with Gasteiger partial charge < -0.3 is 19.7 Å². The number of ether oxygens (including phenoxy) is 1. The number of nitrogens with one attached hydrogen (secondary N) is 1. The van der Waals surface area contributed by atoms with Crippen molar-refractivity contribution in [3.63, 3.8) is 0 Å². The van der Waals surface area contributed by atoms with Crippen LogP contribution in [0.5, 0.6) is 5.75 Å². The van der Waals surface area contributed by atoms with Crippen LogP contribution in [0.3, 0.4) is 0 Å². The van der Waals surface area contributed by atoms with E-state index in [0.29, 0.717) is 23.5 Å². The summed E-state index contributed by atoms with van der Waals surface area (Å²) in [5.74, 6) is -0.358. The summed E-state index contributed by atoms with van der Waals surface area (Å²) in [6, 6.07) is 8.13. The fraction of sp³-hybridized carbons (Fsp3) is 0.393. The standard InChI is InChI=1S/C28H32ClFN4O3/c1-15-9-19(32-24(30)10-15)14-37-22-11-18(4)34(27(35)25(22)29)21-12-20(31-13-17(21)3)26-16(2)7-8-23(33-26)28(5,6)36/h7-11,13,20-21,31,36H,12,14H2,1-6H3/t20-,21-/m1/s1. The van der Waals surface area contributed by atoms with Gasteiger partial charge in [-0.3, -0.25) is 9.78 Å². The number of hydrogen-bond acceptors (Lipinski definition) is 6. The monoisotopic (exact) mass is 526 g/mol. The summed E-state index contributed by atoms with van der Waals surface area (Å²) < 4.78 is 21.1. The van der Waals surface area contributed by atoms with E-state index in [2.05, 4.69) is 10.3 Å². The SMILES string of the molecule is CC1=CN[C@@H](c2nc(C(C)(C)O)ccc2C)C[C@H]1n1c(C)cc(OCc2cc(C)cc(F)n2)c(Cl)c1=O. The number of nitrogens with zero attached hydrogens (tertiary/aromatic N) is 3. The Kier molecular flexibility index (Phi) is 7.44. The summed E-state index contributed by atoms with van der Waals surface area (Å²) >= 11 is 6.49. The van der Waals surface area contributed by atoms with Gasteiger partial charge in [-0.1, -0.05) is 17.7 Å². The lowest BCUT2D eigenvalue weighted by Crippen LogP contribution is -2.35. The second kappa shape index (κ2) is 10.3. The molecular weight excluding hydrogens is 495 g/mol. The smallest absolute Gasteiger partial charge is 0.273 e. The number of halogens is 2. The van der Waals surface area contributed by atoms with E-state index in [1.54, 1.807) is 37.5 Å². The lowest BCUT2D eigenvalue weighted by Gasteiger charge is -2.33. The van der Waals surface area contributed by atoms with E-state index < -0.39 is 11.5 Å². The molecule has 196 valence electrons. The summed E-state index contributed by atoms with van der Waals surface area (Å²) in [6.45, 7) is 10.9. The van der Waals surface area contributed by atoms with Crippen LogP contribution in [0.2, 0.25) is 5.02 Å². The third-order valence-corrected chi connectivity index (χ3v) is 6.96. The Balaban J connectivity index is 1.64. The Hall–Kier alpha value is -3.23. The number of allylic oxidation sites excluding steroid dienone is 1. The quantitative estimate of drug-likeness (QED) is 0.421. The van der Waals surface area contributed by atoms with E-state index in [1.807, 2.05) is 39.1 Å². The number of aromatic nitrogens is 3. The van der Waals surface area contributed by atoms with Crippen LogP contribution in [0.25, 0.3) is 0 Å². The van der Waals surface area contributed by atoms with E-state index in [-0.39, 0.29) is 35.0 Å². The van der Waals surface area contributed by atoms with Crippen molar-refractivity contribution in [1.82, 2.24) is 19.9 Å². The number of aliphatic hydroxyl groups is 1. The Bertz CT molecular complexity index is 1410. The van der Waals surface area contributed by atoms with Gasteiger partial charge in [0.05, 0.1) is 29.2 Å². The Labute approximate surface area is 221 Å². The highest BCUT2D eigenvalue weighted by atomic mass is 35.5. The Morgan fingerprint density at radius 1 is 1.19 bits per heavy atom. The maximum Gasteiger partial charge on any atom is 0.273 e. The molecule has 7 nitrogen and oxygen atoms in total. The van der Waals surface area contributed by atoms with Gasteiger partial charge in [0.15, 0.2) is 0 Å². The van der Waals surface area contributed by atoms with Gasteiger partial charge in [0.2, 0.25) is 5.95 Å². The molecule has 2 atom stereocenters. The van der Waals surface area contributed by atoms with Gasteiger partial charge in [-0.05, 0) is 89.1 Å². The van der Waals surface area contributed by atoms with E-state index in [9.17, 15) is 14.3 Å². The van der Waals surface area contributed by atoms with Gasteiger partial charge in [-0.25, -0.2) is 4.98 Å². The summed E-state index contributed by atoms with van der Waals surface area (Å²) in [7, 11) is 0. The first-order chi connectivity index (χ1) is 17.3. The van der Waals surface area contributed by atoms with Crippen LogP contribution in [0, 0.1) is 26.7 Å². The molecule has 0 radical (unpaired) electrons. The zero-order valence-electron chi connectivity index (χ0n) is 21.9. The zero-order valence-corrected chi connectivity index (χ0v) is 22.7. The molecule has 0 aliphatic carbocycles. The molecule has 0 amide bonds. The summed E-state index contributed by atoms with van der Waals surface area (Å²) in [5, 5.41) is 13.8. The van der Waals surface area contributed by atoms with Crippen molar-refractivity contribution in [2.45, 2.75) is 72.3 Å². The molecule has 0 unspecified atom stereocenters. The molecule has 1 aliphatic heterocycles. The van der Waals surface area contributed by atoms with Crippen LogP contribution in [-0.4, -0.2) is 19.6 Å². The second-order valence-corrected chi connectivity index (χ2v) is 10.6. The third-order valence-electron chi connectivity index (χ3n) is 6.61. The number of rotatable bonds is 6. The molecule has 2 N–H and O–H groups in total. The minimum atomic E-state index is -1.07. The van der Waals surface area contributed by atoms with Crippen LogP contribution in [0.1, 0.15) is 73.2 Å². The van der Waals surface area contributed by atoms with Gasteiger partial charge in [0, 0.05) is 11.8 Å². The molecule has 0 bridgehead atoms. The summed E-state index contributed by atoms with van der Waals surface area (Å²) in [5.41, 5.74) is 3.75. The fourth-order valence-corrected chi connectivity index (χ4v) is 4.85. The molecule has 37 heavy (non-hydrogen) atoms. The number of hydrogen-bond donors (Lipinski definition) is 2. The molecule has 3 aromatic heterocycles. The highest BCUT2D eigenvalue weighted by Gasteiger charge is 2.30. The molecule has 0 aromatic carbocycles. The average Bonchev–Trinajstić information content (AvgIpc) is 2.81. The van der Waals surface area contributed by atoms with Crippen LogP contribution >= 0.6 is 11.6 Å². The van der Waals surface area contributed by atoms with E-state index in [0.717, 1.165) is 22.4 Å². The van der Waals surface area contributed by atoms with Crippen LogP contribution in [0.4, 0.5) is 4.39 Å². The normalized spacial score (nSPS) is 17.8. The van der Waals surface area contributed by atoms with Crippen molar-refractivity contribution in [1.29, 1.82) is 0 Å². The molecule has 4 rings (SSSR count). The molecule has 4 heterocycles. The van der Waals surface area contributed by atoms with Gasteiger partial charge >= 0.3 is 0 Å². The van der Waals surface area contributed by atoms with Crippen LogP contribution in [-0.2, 0) is 12.2 Å². The third kappa shape index (κ3) is 5.70. The molecule has 0 saturated heterocycles. The first-order valence-corrected chi connectivity index (χ1v) is 12.5. The molecular formula is C28H32ClFN4O3. The molecule has 9 heteroatoms. The van der Waals surface area contributed by atoms with E-state index >= 15 is 0 Å². The first-order valence-electron chi connectivity index (χ1n) is 12.2. The largest absolute Gasteiger partial charge is 0.485 e. The van der Waals surface area contributed by atoms with E-state index in [1.165, 1.54) is 6.07 Å². The Morgan fingerprint density at radius 3 is 2.59 bits per heavy atom. The van der Waals surface area contributed by atoms with E-state index in [4.69, 9.17) is 21.3 Å². The maximum absolute atomic E-state index is 13.6. The number of pyridine rings is 3. The molecule has 1 aliphatic rings. The topological polar surface area (TPSA) is 89.3 Å². The van der Waals surface area contributed by atoms with Crippen molar-refractivity contribution in [3.05, 3.63) is 97.3 Å². The molecule has 3 aromatic rings. The second-order valence-electron chi connectivity index (χ2n) is 10.2. The molecule has 0 fully saturated rings. The minimum Gasteiger partial charge on any atom is -0.485 e. The fourth-order valence-electron chi connectivity index (χ4n) is 4.65. The van der Waals surface area contributed by atoms with Crippen molar-refractivity contribution in [2.24, 2.45) is 0 Å². The minimum absolute atomic E-state index is 0.0158. The van der Waals surface area contributed by atoms with Crippen molar-refractivity contribution >= 4 is 11.6 Å². The highest BCUT2D eigenvalue weighted by molar-refractivity contribution is 6.31. The van der Waals surface area contributed by atoms with Crippen molar-refractivity contribution < 1.29 is 14.2 Å². The highest BCUT2D eigenvalue weighted by Crippen LogP contribution is 2.36. The van der Waals surface area contributed by atoms with Crippen LogP contribution < -0.4 is 15.6 Å². The lowest BCUT2D eigenvalue weighted by molar-refractivity contribution is 0.0734. The van der Waals surface area contributed by atoms with Crippen molar-refractivity contribution in [2.75, 3.05) is 0 Å². The first kappa shape index (κ1) is 26.8. The summed E-state index contributed by atoms with van der Waals surface area (Å²) in [6.07, 6.45) is 2.47. The Morgan fingerprint density at radius 2 is 1.92 bits per heavy atom. The van der Waals surface area contributed by atoms with Gasteiger partial charge in [-0.15, -0.1) is 0 Å². The van der Waals surface area contributed by atoms with Gasteiger partial charge in [0.1, 0.15) is 23.0 Å². The van der Waals surface area contributed by atoms with Crippen molar-refractivity contribution in [3.8, 4) is 5.75 Å². The van der Waals surface area contributed by atoms with Gasteiger partial charge in [0.25, 0.3) is 5.56 Å². The predicted molar refractivity (Wildman–Crippen MR) is 141 cm³/mol. The van der Waals surface area contributed by atoms with Crippen LogP contribution in [0.15, 0.2) is 46.9 Å². The maximum atomic E-state index is 13.6. The number of aryl methyl sites for hydroxylation is 3. The summed E-state index contributed by atoms with van der Waals surface area (Å²) in [4.78, 5) is 22.0. The molecule has 0 saturated carbocycles. The predicted octanol–water partition coefficient (Wildman–Crippen LogP) is 5.34. The molecule has 0 spiro atoms. The van der Waals surface area contributed by atoms with Gasteiger partial charge in [-0.2, -0.15) is 4.39 Å². The lowest BCUT2D eigenvalue weighted by atomic mass is 9.92.